The number of aliphatic imine (C=N–C) groups is 1. The van der Waals surface area contributed by atoms with Crippen LogP contribution in [0.1, 0.15) is 52.9 Å². The lowest BCUT2D eigenvalue weighted by Crippen LogP contribution is -2.44. The molecular weight excluding hydrogens is 326 g/mol. The molecule has 8 heteroatoms. The lowest BCUT2D eigenvalue weighted by atomic mass is 9.96. The molecule has 1 heterocycles. The molecule has 1 amide bonds. The summed E-state index contributed by atoms with van der Waals surface area (Å²) in [6, 6.07) is -0.601. The highest BCUT2D eigenvalue weighted by Crippen LogP contribution is 2.23. The van der Waals surface area contributed by atoms with E-state index in [2.05, 4.69) is 10.3 Å². The molecule has 0 aliphatic carbocycles. The average Bonchev–Trinajstić information content (AvgIpc) is 3.29. The molecule has 1 saturated heterocycles. The third-order valence-corrected chi connectivity index (χ3v) is 3.85. The highest BCUT2D eigenvalue weighted by molar-refractivity contribution is 5.95. The van der Waals surface area contributed by atoms with Gasteiger partial charge in [0.25, 0.3) is 5.91 Å². The first-order valence-electron chi connectivity index (χ1n) is 8.70. The Labute approximate surface area is 148 Å². The number of ether oxygens (including phenoxy) is 1. The SMILES string of the molecule is CC(N)=NCCCCCC(=O)[C@H](CC(C)C)NC(=O)[C@H]1O[C@@H]1C(=O)O. The summed E-state index contributed by atoms with van der Waals surface area (Å²) in [5.74, 6) is -0.946. The van der Waals surface area contributed by atoms with Crippen molar-refractivity contribution in [3.8, 4) is 0 Å². The van der Waals surface area contributed by atoms with E-state index in [1.54, 1.807) is 6.92 Å². The number of nitrogens with one attached hydrogen (secondary N) is 1. The van der Waals surface area contributed by atoms with Crippen LogP contribution in [0.3, 0.4) is 0 Å². The zero-order chi connectivity index (χ0) is 19.0. The number of aliphatic carboxylic acids is 1. The zero-order valence-electron chi connectivity index (χ0n) is 15.2. The summed E-state index contributed by atoms with van der Waals surface area (Å²) in [6.07, 6.45) is 1.25. The van der Waals surface area contributed by atoms with Gasteiger partial charge in [0.2, 0.25) is 0 Å². The number of carboxylic acid groups (broad SMARTS) is 1. The first-order chi connectivity index (χ1) is 11.7. The molecule has 142 valence electrons. The number of carbonyl (C=O) groups is 3. The van der Waals surface area contributed by atoms with E-state index in [1.807, 2.05) is 13.8 Å². The Hall–Kier alpha value is -1.96. The van der Waals surface area contributed by atoms with Gasteiger partial charge in [0.15, 0.2) is 18.0 Å². The molecule has 1 rings (SSSR count). The number of hydrogen-bond donors (Lipinski definition) is 3. The normalized spacial score (nSPS) is 21.0. The molecule has 0 saturated carbocycles. The minimum Gasteiger partial charge on any atom is -0.479 e. The fraction of sp³-hybridized carbons (Fsp3) is 0.765. The average molecular weight is 355 g/mol. The molecule has 25 heavy (non-hydrogen) atoms. The van der Waals surface area contributed by atoms with Crippen LogP contribution in [0, 0.1) is 5.92 Å². The van der Waals surface area contributed by atoms with E-state index < -0.39 is 30.1 Å². The van der Waals surface area contributed by atoms with Crippen LogP contribution in [0.5, 0.6) is 0 Å². The minimum absolute atomic E-state index is 0.0342. The highest BCUT2D eigenvalue weighted by Gasteiger charge is 2.51. The Balaban J connectivity index is 2.40. The maximum atomic E-state index is 12.4. The van der Waals surface area contributed by atoms with Crippen molar-refractivity contribution in [3.05, 3.63) is 0 Å². The maximum Gasteiger partial charge on any atom is 0.336 e. The van der Waals surface area contributed by atoms with Crippen LogP contribution in [-0.2, 0) is 19.1 Å². The maximum absolute atomic E-state index is 12.4. The van der Waals surface area contributed by atoms with Crippen molar-refractivity contribution < 1.29 is 24.2 Å². The van der Waals surface area contributed by atoms with E-state index in [4.69, 9.17) is 15.6 Å². The van der Waals surface area contributed by atoms with Crippen LogP contribution in [0.4, 0.5) is 0 Å². The third-order valence-electron chi connectivity index (χ3n) is 3.85. The third kappa shape index (κ3) is 8.11. The second-order valence-electron chi connectivity index (χ2n) is 6.81. The van der Waals surface area contributed by atoms with Gasteiger partial charge in [0, 0.05) is 13.0 Å². The van der Waals surface area contributed by atoms with Crippen LogP contribution < -0.4 is 11.1 Å². The number of hydrogen-bond acceptors (Lipinski definition) is 5. The van der Waals surface area contributed by atoms with Gasteiger partial charge in [-0.1, -0.05) is 20.3 Å². The van der Waals surface area contributed by atoms with Crippen molar-refractivity contribution in [3.63, 3.8) is 0 Å². The van der Waals surface area contributed by atoms with E-state index in [0.29, 0.717) is 25.2 Å². The van der Waals surface area contributed by atoms with Gasteiger partial charge in [-0.3, -0.25) is 14.6 Å². The molecular formula is C17H29N3O5. The topological polar surface area (TPSA) is 134 Å². The molecule has 0 bridgehead atoms. The fourth-order valence-electron chi connectivity index (χ4n) is 2.51. The summed E-state index contributed by atoms with van der Waals surface area (Å²) in [6.45, 7) is 6.32. The molecule has 0 unspecified atom stereocenters. The number of unbranched alkanes of at least 4 members (excludes halogenated alkanes) is 2. The summed E-state index contributed by atoms with van der Waals surface area (Å²) < 4.78 is 4.83. The van der Waals surface area contributed by atoms with E-state index in [0.717, 1.165) is 19.3 Å². The van der Waals surface area contributed by atoms with Crippen LogP contribution in [0.15, 0.2) is 4.99 Å². The van der Waals surface area contributed by atoms with Crippen molar-refractivity contribution in [1.82, 2.24) is 5.32 Å². The van der Waals surface area contributed by atoms with Gasteiger partial charge in [-0.05, 0) is 32.1 Å². The van der Waals surface area contributed by atoms with Gasteiger partial charge in [-0.2, -0.15) is 0 Å². The summed E-state index contributed by atoms with van der Waals surface area (Å²) in [7, 11) is 0. The number of nitrogens with zero attached hydrogens (tertiary/aromatic N) is 1. The van der Waals surface area contributed by atoms with E-state index in [-0.39, 0.29) is 11.7 Å². The lowest BCUT2D eigenvalue weighted by Gasteiger charge is -2.19. The molecule has 1 aliphatic rings. The smallest absolute Gasteiger partial charge is 0.336 e. The van der Waals surface area contributed by atoms with E-state index in [1.165, 1.54) is 0 Å². The van der Waals surface area contributed by atoms with Gasteiger partial charge in [-0.25, -0.2) is 4.79 Å². The number of nitrogens with two attached hydrogens (primary N) is 1. The number of amides is 1. The minimum atomic E-state index is -1.16. The number of epoxide rings is 1. The number of ketones is 1. The van der Waals surface area contributed by atoms with E-state index in [9.17, 15) is 14.4 Å². The number of rotatable bonds is 12. The van der Waals surface area contributed by atoms with Crippen molar-refractivity contribution in [2.45, 2.75) is 71.1 Å². The first-order valence-corrected chi connectivity index (χ1v) is 8.70. The van der Waals surface area contributed by atoms with Crippen molar-refractivity contribution >= 4 is 23.5 Å². The van der Waals surface area contributed by atoms with Crippen molar-refractivity contribution in [1.29, 1.82) is 0 Å². The summed E-state index contributed by atoms with van der Waals surface area (Å²) in [5.41, 5.74) is 5.45. The Morgan fingerprint density at radius 1 is 1.20 bits per heavy atom. The Bertz CT molecular complexity index is 514. The van der Waals surface area contributed by atoms with Gasteiger partial charge in [0.1, 0.15) is 0 Å². The second-order valence-corrected chi connectivity index (χ2v) is 6.81. The molecule has 3 atom stereocenters. The Morgan fingerprint density at radius 2 is 1.88 bits per heavy atom. The molecule has 1 fully saturated rings. The van der Waals surface area contributed by atoms with Crippen LogP contribution >= 0.6 is 0 Å². The van der Waals surface area contributed by atoms with Crippen LogP contribution in [0.2, 0.25) is 0 Å². The summed E-state index contributed by atoms with van der Waals surface area (Å²) in [5, 5.41) is 11.4. The largest absolute Gasteiger partial charge is 0.479 e. The fourth-order valence-corrected chi connectivity index (χ4v) is 2.51. The summed E-state index contributed by atoms with van der Waals surface area (Å²) in [4.78, 5) is 39.3. The molecule has 0 aromatic rings. The van der Waals surface area contributed by atoms with Gasteiger partial charge < -0.3 is 20.9 Å². The van der Waals surface area contributed by atoms with Crippen LogP contribution in [0.25, 0.3) is 0 Å². The predicted octanol–water partition coefficient (Wildman–Crippen LogP) is 0.876. The monoisotopic (exact) mass is 355 g/mol. The van der Waals surface area contributed by atoms with Gasteiger partial charge in [0.05, 0.1) is 11.9 Å². The predicted molar refractivity (Wildman–Crippen MR) is 93.3 cm³/mol. The molecule has 4 N–H and O–H groups in total. The molecule has 0 aromatic carbocycles. The summed E-state index contributed by atoms with van der Waals surface area (Å²) >= 11 is 0. The van der Waals surface area contributed by atoms with Gasteiger partial charge >= 0.3 is 5.97 Å². The highest BCUT2D eigenvalue weighted by atomic mass is 16.6. The molecule has 1 aliphatic heterocycles. The zero-order valence-corrected chi connectivity index (χ0v) is 15.2. The molecule has 8 nitrogen and oxygen atoms in total. The van der Waals surface area contributed by atoms with Crippen molar-refractivity contribution in [2.24, 2.45) is 16.6 Å². The number of carbonyl (C=O) groups excluding carboxylic acids is 2. The Kier molecular flexibility index (Phi) is 8.54. The molecule has 0 spiro atoms. The standard InChI is InChI=1S/C17H29N3O5/c1-10(2)9-12(20-16(22)14-15(25-14)17(23)24)13(21)7-5-4-6-8-19-11(3)18/h10,12,14-15H,4-9H2,1-3H3,(H2,18,19)(H,20,22)(H,23,24)/t12-,14-,15-/m0/s1. The first kappa shape index (κ1) is 21.1. The number of amidine groups is 1. The quantitative estimate of drug-likeness (QED) is 0.206. The van der Waals surface area contributed by atoms with Crippen molar-refractivity contribution in [2.75, 3.05) is 6.54 Å². The van der Waals surface area contributed by atoms with Gasteiger partial charge in [-0.15, -0.1) is 0 Å². The lowest BCUT2D eigenvalue weighted by molar-refractivity contribution is -0.138. The Morgan fingerprint density at radius 3 is 2.40 bits per heavy atom. The number of carboxylic acids is 1. The molecule has 0 aromatic heterocycles. The second kappa shape index (κ2) is 10.1. The molecule has 0 radical (unpaired) electrons. The van der Waals surface area contributed by atoms with Crippen LogP contribution in [-0.4, -0.2) is 53.4 Å². The number of Topliss-reactive ketones (excluding diaryl/α,β-unsaturated/α-hetero) is 1. The van der Waals surface area contributed by atoms with E-state index >= 15 is 0 Å².